The van der Waals surface area contributed by atoms with Gasteiger partial charge in [-0.2, -0.15) is 13.2 Å². The molecule has 0 radical (unpaired) electrons. The summed E-state index contributed by atoms with van der Waals surface area (Å²) in [5, 5.41) is 5.56. The molecule has 2 aromatic carbocycles. The summed E-state index contributed by atoms with van der Waals surface area (Å²) in [5.41, 5.74) is -0.213. The maximum Gasteiger partial charge on any atom is 0.416 e. The van der Waals surface area contributed by atoms with Crippen LogP contribution in [0.2, 0.25) is 5.02 Å². The molecule has 138 valence electrons. The molecule has 2 rings (SSSR count). The molecule has 4 nitrogen and oxygen atoms in total. The van der Waals surface area contributed by atoms with E-state index in [1.165, 1.54) is 12.1 Å². The van der Waals surface area contributed by atoms with Crippen molar-refractivity contribution in [3.05, 3.63) is 59.1 Å². The minimum atomic E-state index is -4.48. The van der Waals surface area contributed by atoms with Crippen molar-refractivity contribution in [3.8, 4) is 0 Å². The Morgan fingerprint density at radius 2 is 1.50 bits per heavy atom. The second kappa shape index (κ2) is 8.95. The molecule has 0 unspecified atom stereocenters. The van der Waals surface area contributed by atoms with Gasteiger partial charge in [-0.15, -0.1) is 11.8 Å². The van der Waals surface area contributed by atoms with Gasteiger partial charge in [-0.05, 0) is 42.5 Å². The van der Waals surface area contributed by atoms with E-state index in [4.69, 9.17) is 11.6 Å². The van der Waals surface area contributed by atoms with E-state index in [9.17, 15) is 22.8 Å². The molecule has 9 heteroatoms. The summed E-state index contributed by atoms with van der Waals surface area (Å²) >= 11 is 6.79. The van der Waals surface area contributed by atoms with E-state index in [-0.39, 0.29) is 23.1 Å². The van der Waals surface area contributed by atoms with Crippen molar-refractivity contribution in [1.29, 1.82) is 0 Å². The Bertz CT molecular complexity index is 782. The Morgan fingerprint density at radius 3 is 2.08 bits per heavy atom. The molecule has 0 spiro atoms. The molecule has 0 atom stereocenters. The third kappa shape index (κ3) is 6.61. The molecular weight excluding hydrogens is 389 g/mol. The van der Waals surface area contributed by atoms with Crippen molar-refractivity contribution in [2.45, 2.75) is 6.18 Å². The van der Waals surface area contributed by atoms with Crippen LogP contribution in [-0.4, -0.2) is 23.3 Å². The summed E-state index contributed by atoms with van der Waals surface area (Å²) in [6.07, 6.45) is -4.48. The van der Waals surface area contributed by atoms with E-state index in [2.05, 4.69) is 10.6 Å². The first-order chi connectivity index (χ1) is 12.2. The summed E-state index contributed by atoms with van der Waals surface area (Å²) in [7, 11) is 0. The maximum atomic E-state index is 12.6. The quantitative estimate of drug-likeness (QED) is 0.738. The third-order valence-electron chi connectivity index (χ3n) is 3.07. The van der Waals surface area contributed by atoms with Gasteiger partial charge in [0.15, 0.2) is 0 Å². The van der Waals surface area contributed by atoms with Gasteiger partial charge in [0, 0.05) is 16.4 Å². The van der Waals surface area contributed by atoms with Crippen LogP contribution in [0.4, 0.5) is 24.5 Å². The SMILES string of the molecule is O=C(CSCC(=O)Nc1cccc(C(F)(F)F)c1)Nc1ccc(Cl)cc1. The number of anilines is 2. The Kier molecular flexibility index (Phi) is 6.93. The summed E-state index contributed by atoms with van der Waals surface area (Å²) in [4.78, 5) is 23.6. The van der Waals surface area contributed by atoms with Crippen molar-refractivity contribution in [3.63, 3.8) is 0 Å². The summed E-state index contributed by atoms with van der Waals surface area (Å²) in [5.74, 6) is -0.832. The molecule has 0 aromatic heterocycles. The number of thioether (sulfide) groups is 1. The van der Waals surface area contributed by atoms with E-state index in [0.29, 0.717) is 10.7 Å². The smallest absolute Gasteiger partial charge is 0.325 e. The molecule has 0 heterocycles. The number of halogens is 4. The fourth-order valence-corrected chi connectivity index (χ4v) is 2.68. The van der Waals surface area contributed by atoms with Gasteiger partial charge in [0.2, 0.25) is 11.8 Å². The summed E-state index contributed by atoms with van der Waals surface area (Å²) < 4.78 is 37.9. The summed E-state index contributed by atoms with van der Waals surface area (Å²) in [6.45, 7) is 0. The predicted octanol–water partition coefficient (Wildman–Crippen LogP) is 4.67. The Morgan fingerprint density at radius 1 is 0.923 bits per heavy atom. The Hall–Kier alpha value is -2.19. The second-order valence-corrected chi connectivity index (χ2v) is 6.60. The number of hydrogen-bond donors (Lipinski definition) is 2. The zero-order valence-corrected chi connectivity index (χ0v) is 14.8. The number of hydrogen-bond acceptors (Lipinski definition) is 3. The van der Waals surface area contributed by atoms with Crippen LogP contribution in [0.3, 0.4) is 0 Å². The highest BCUT2D eigenvalue weighted by atomic mass is 35.5. The largest absolute Gasteiger partial charge is 0.416 e. The first kappa shape index (κ1) is 20.1. The van der Waals surface area contributed by atoms with Crippen molar-refractivity contribution < 1.29 is 22.8 Å². The van der Waals surface area contributed by atoms with Gasteiger partial charge in [0.25, 0.3) is 0 Å². The molecule has 0 saturated carbocycles. The monoisotopic (exact) mass is 402 g/mol. The Balaban J connectivity index is 1.76. The fraction of sp³-hybridized carbons (Fsp3) is 0.176. The molecule has 0 bridgehead atoms. The minimum Gasteiger partial charge on any atom is -0.325 e. The fourth-order valence-electron chi connectivity index (χ4n) is 1.94. The number of carbonyl (C=O) groups excluding carboxylic acids is 2. The van der Waals surface area contributed by atoms with Crippen LogP contribution in [0, 0.1) is 0 Å². The molecule has 2 N–H and O–H groups in total. The van der Waals surface area contributed by atoms with Crippen LogP contribution >= 0.6 is 23.4 Å². The lowest BCUT2D eigenvalue weighted by atomic mass is 10.2. The van der Waals surface area contributed by atoms with Crippen LogP contribution in [-0.2, 0) is 15.8 Å². The molecule has 0 fully saturated rings. The van der Waals surface area contributed by atoms with Crippen LogP contribution in [0.1, 0.15) is 5.56 Å². The van der Waals surface area contributed by atoms with Crippen molar-refractivity contribution in [1.82, 2.24) is 0 Å². The van der Waals surface area contributed by atoms with E-state index < -0.39 is 17.6 Å². The standard InChI is InChI=1S/C17H14ClF3N2O2S/c18-12-4-6-13(7-5-12)22-15(24)9-26-10-16(25)23-14-3-1-2-11(8-14)17(19,20)21/h1-8H,9-10H2,(H,22,24)(H,23,25). The molecule has 0 aliphatic heterocycles. The highest BCUT2D eigenvalue weighted by molar-refractivity contribution is 8.00. The van der Waals surface area contributed by atoms with Gasteiger partial charge >= 0.3 is 6.18 Å². The average molecular weight is 403 g/mol. The molecule has 2 aromatic rings. The number of rotatable bonds is 6. The first-order valence-electron chi connectivity index (χ1n) is 7.34. The highest BCUT2D eigenvalue weighted by Crippen LogP contribution is 2.30. The van der Waals surface area contributed by atoms with Crippen molar-refractivity contribution in [2.75, 3.05) is 22.1 Å². The average Bonchev–Trinajstić information content (AvgIpc) is 2.56. The van der Waals surface area contributed by atoms with Crippen LogP contribution in [0.15, 0.2) is 48.5 Å². The number of nitrogens with one attached hydrogen (secondary N) is 2. The number of carbonyl (C=O) groups is 2. The third-order valence-corrected chi connectivity index (χ3v) is 4.25. The van der Waals surface area contributed by atoms with Gasteiger partial charge in [0.1, 0.15) is 0 Å². The molecular formula is C17H14ClF3N2O2S. The van der Waals surface area contributed by atoms with E-state index in [1.54, 1.807) is 24.3 Å². The molecule has 0 aliphatic rings. The normalized spacial score (nSPS) is 11.1. The number of amides is 2. The van der Waals surface area contributed by atoms with Crippen LogP contribution < -0.4 is 10.6 Å². The molecule has 0 aliphatic carbocycles. The van der Waals surface area contributed by atoms with Gasteiger partial charge in [0.05, 0.1) is 17.1 Å². The van der Waals surface area contributed by atoms with Gasteiger partial charge in [-0.3, -0.25) is 9.59 Å². The lowest BCUT2D eigenvalue weighted by Crippen LogP contribution is -2.18. The molecule has 0 saturated heterocycles. The number of benzene rings is 2. The van der Waals surface area contributed by atoms with Crippen LogP contribution in [0.5, 0.6) is 0 Å². The lowest BCUT2D eigenvalue weighted by Gasteiger charge is -2.10. The minimum absolute atomic E-state index is 0.0264. The zero-order chi connectivity index (χ0) is 19.2. The van der Waals surface area contributed by atoms with Crippen LogP contribution in [0.25, 0.3) is 0 Å². The van der Waals surface area contributed by atoms with E-state index in [0.717, 1.165) is 23.9 Å². The predicted molar refractivity (Wildman–Crippen MR) is 97.5 cm³/mol. The topological polar surface area (TPSA) is 58.2 Å². The maximum absolute atomic E-state index is 12.6. The van der Waals surface area contributed by atoms with Crippen molar-refractivity contribution in [2.24, 2.45) is 0 Å². The van der Waals surface area contributed by atoms with E-state index >= 15 is 0 Å². The summed E-state index contributed by atoms with van der Waals surface area (Å²) in [6, 6.07) is 10.9. The number of alkyl halides is 3. The zero-order valence-electron chi connectivity index (χ0n) is 13.3. The van der Waals surface area contributed by atoms with Gasteiger partial charge in [-0.1, -0.05) is 17.7 Å². The molecule has 2 amide bonds. The van der Waals surface area contributed by atoms with Crippen molar-refractivity contribution >= 4 is 46.6 Å². The molecule has 26 heavy (non-hydrogen) atoms. The highest BCUT2D eigenvalue weighted by Gasteiger charge is 2.30. The first-order valence-corrected chi connectivity index (χ1v) is 8.87. The lowest BCUT2D eigenvalue weighted by molar-refractivity contribution is -0.137. The van der Waals surface area contributed by atoms with Gasteiger partial charge < -0.3 is 10.6 Å². The van der Waals surface area contributed by atoms with Gasteiger partial charge in [-0.25, -0.2) is 0 Å². The van der Waals surface area contributed by atoms with E-state index in [1.807, 2.05) is 0 Å². The second-order valence-electron chi connectivity index (χ2n) is 5.17. The Labute approximate surface area is 157 Å².